The van der Waals surface area contributed by atoms with Gasteiger partial charge < -0.3 is 5.32 Å². The number of nitriles is 1. The molecule has 1 amide bonds. The first-order valence-corrected chi connectivity index (χ1v) is 7.24. The maximum atomic E-state index is 12.6. The maximum absolute atomic E-state index is 12.6. The molecule has 0 aliphatic heterocycles. The molecule has 0 atom stereocenters. The minimum atomic E-state index is -0.699. The van der Waals surface area contributed by atoms with E-state index >= 15 is 0 Å². The largest absolute Gasteiger partial charge is 0.334 e. The molecule has 0 unspecified atom stereocenters. The minimum absolute atomic E-state index is 0.180. The molecule has 106 valence electrons. The first-order chi connectivity index (χ1) is 10.1. The summed E-state index contributed by atoms with van der Waals surface area (Å²) in [7, 11) is 0. The van der Waals surface area contributed by atoms with Gasteiger partial charge in [-0.25, -0.2) is 0 Å². The molecule has 21 heavy (non-hydrogen) atoms. The number of nitrogens with zero attached hydrogens (tertiary/aromatic N) is 2. The maximum Gasteiger partial charge on any atom is 0.253 e. The van der Waals surface area contributed by atoms with Gasteiger partial charge in [-0.15, -0.1) is 0 Å². The van der Waals surface area contributed by atoms with Crippen LogP contribution in [-0.4, -0.2) is 16.4 Å². The highest BCUT2D eigenvalue weighted by Crippen LogP contribution is 2.29. The fourth-order valence-electron chi connectivity index (χ4n) is 3.02. The molecule has 2 aromatic rings. The molecule has 0 radical (unpaired) electrons. The van der Waals surface area contributed by atoms with Crippen LogP contribution in [0.1, 0.15) is 41.7 Å². The summed E-state index contributed by atoms with van der Waals surface area (Å²) in [5.74, 6) is -0.180. The lowest BCUT2D eigenvalue weighted by Crippen LogP contribution is -2.45. The number of pyridine rings is 1. The number of carbonyl (C=O) groups excluding carboxylic acids is 1. The molecule has 4 heteroatoms. The zero-order valence-electron chi connectivity index (χ0n) is 12.0. The van der Waals surface area contributed by atoms with Gasteiger partial charge in [-0.3, -0.25) is 9.78 Å². The second kappa shape index (κ2) is 5.17. The van der Waals surface area contributed by atoms with Crippen LogP contribution in [0.5, 0.6) is 0 Å². The third kappa shape index (κ3) is 2.47. The van der Waals surface area contributed by atoms with Crippen molar-refractivity contribution < 1.29 is 4.79 Å². The van der Waals surface area contributed by atoms with Crippen LogP contribution >= 0.6 is 0 Å². The van der Waals surface area contributed by atoms with Crippen molar-refractivity contribution >= 4 is 16.8 Å². The fourth-order valence-corrected chi connectivity index (χ4v) is 3.02. The van der Waals surface area contributed by atoms with E-state index in [0.717, 1.165) is 42.3 Å². The van der Waals surface area contributed by atoms with Crippen LogP contribution in [0.15, 0.2) is 30.3 Å². The Kier molecular flexibility index (Phi) is 3.34. The van der Waals surface area contributed by atoms with Crippen molar-refractivity contribution in [3.63, 3.8) is 0 Å². The predicted molar refractivity (Wildman–Crippen MR) is 80.8 cm³/mol. The van der Waals surface area contributed by atoms with Gasteiger partial charge in [0.05, 0.1) is 17.1 Å². The van der Waals surface area contributed by atoms with Gasteiger partial charge in [0.25, 0.3) is 5.91 Å². The molecule has 1 fully saturated rings. The Balaban J connectivity index is 2.00. The van der Waals surface area contributed by atoms with Crippen LogP contribution in [0, 0.1) is 18.3 Å². The fraction of sp³-hybridized carbons (Fsp3) is 0.353. The monoisotopic (exact) mass is 279 g/mol. The summed E-state index contributed by atoms with van der Waals surface area (Å²) in [4.78, 5) is 17.1. The van der Waals surface area contributed by atoms with Crippen molar-refractivity contribution in [3.05, 3.63) is 41.6 Å². The number of rotatable bonds is 2. The molecule has 1 saturated carbocycles. The summed E-state index contributed by atoms with van der Waals surface area (Å²) >= 11 is 0. The van der Waals surface area contributed by atoms with Gasteiger partial charge in [-0.2, -0.15) is 5.26 Å². The zero-order valence-corrected chi connectivity index (χ0v) is 12.0. The van der Waals surface area contributed by atoms with Crippen molar-refractivity contribution in [3.8, 4) is 6.07 Å². The molecule has 1 aliphatic rings. The molecule has 1 aliphatic carbocycles. The number of para-hydroxylation sites is 1. The standard InChI is InChI=1S/C17H17N3O/c1-12-10-14(13-6-2-3-7-15(13)19-12)16(21)20-17(11-18)8-4-5-9-17/h2-3,6-7,10H,4-5,8-9H2,1H3,(H,20,21). The third-order valence-electron chi connectivity index (χ3n) is 4.11. The second-order valence-corrected chi connectivity index (χ2v) is 5.68. The first kappa shape index (κ1) is 13.6. The number of amides is 1. The predicted octanol–water partition coefficient (Wildman–Crippen LogP) is 3.11. The Hall–Kier alpha value is -2.41. The van der Waals surface area contributed by atoms with Gasteiger partial charge in [0.1, 0.15) is 5.54 Å². The average molecular weight is 279 g/mol. The zero-order chi connectivity index (χ0) is 14.9. The van der Waals surface area contributed by atoms with Crippen LogP contribution in [0.4, 0.5) is 0 Å². The molecular formula is C17H17N3O. The van der Waals surface area contributed by atoms with Crippen LogP contribution in [-0.2, 0) is 0 Å². The molecule has 1 N–H and O–H groups in total. The number of hydrogen-bond acceptors (Lipinski definition) is 3. The number of carbonyl (C=O) groups is 1. The summed E-state index contributed by atoms with van der Waals surface area (Å²) in [6.45, 7) is 1.87. The van der Waals surface area contributed by atoms with Gasteiger partial charge in [0.15, 0.2) is 0 Å². The van der Waals surface area contributed by atoms with Crippen LogP contribution < -0.4 is 5.32 Å². The number of nitrogens with one attached hydrogen (secondary N) is 1. The lowest BCUT2D eigenvalue weighted by atomic mass is 9.98. The molecule has 0 bridgehead atoms. The smallest absolute Gasteiger partial charge is 0.253 e. The molecule has 4 nitrogen and oxygen atoms in total. The van der Waals surface area contributed by atoms with Gasteiger partial charge in [-0.05, 0) is 44.7 Å². The van der Waals surface area contributed by atoms with E-state index in [1.807, 2.05) is 31.2 Å². The Bertz CT molecular complexity index is 739. The molecule has 0 spiro atoms. The number of benzene rings is 1. The number of aryl methyl sites for hydroxylation is 1. The summed E-state index contributed by atoms with van der Waals surface area (Å²) in [5.41, 5.74) is 1.51. The average Bonchev–Trinajstić information content (AvgIpc) is 2.95. The summed E-state index contributed by atoms with van der Waals surface area (Å²) < 4.78 is 0. The normalized spacial score (nSPS) is 16.6. The van der Waals surface area contributed by atoms with Gasteiger partial charge >= 0.3 is 0 Å². The van der Waals surface area contributed by atoms with E-state index in [9.17, 15) is 10.1 Å². The lowest BCUT2D eigenvalue weighted by Gasteiger charge is -2.22. The SMILES string of the molecule is Cc1cc(C(=O)NC2(C#N)CCCC2)c2ccccc2n1. The van der Waals surface area contributed by atoms with E-state index in [1.165, 1.54) is 0 Å². The molecule has 1 heterocycles. The highest BCUT2D eigenvalue weighted by molar-refractivity contribution is 6.06. The summed E-state index contributed by atoms with van der Waals surface area (Å²) in [5, 5.41) is 13.2. The molecule has 1 aromatic heterocycles. The van der Waals surface area contributed by atoms with Gasteiger partial charge in [0.2, 0.25) is 0 Å². The molecule has 1 aromatic carbocycles. The van der Waals surface area contributed by atoms with Crippen molar-refractivity contribution in [2.45, 2.75) is 38.1 Å². The van der Waals surface area contributed by atoms with Crippen molar-refractivity contribution in [1.82, 2.24) is 10.3 Å². The number of fused-ring (bicyclic) bond motifs is 1. The minimum Gasteiger partial charge on any atom is -0.334 e. The van der Waals surface area contributed by atoms with E-state index < -0.39 is 5.54 Å². The van der Waals surface area contributed by atoms with Crippen molar-refractivity contribution in [2.24, 2.45) is 0 Å². The van der Waals surface area contributed by atoms with E-state index in [0.29, 0.717) is 5.56 Å². The van der Waals surface area contributed by atoms with E-state index in [1.54, 1.807) is 6.07 Å². The highest BCUT2D eigenvalue weighted by Gasteiger charge is 2.35. The van der Waals surface area contributed by atoms with E-state index in [-0.39, 0.29) is 5.91 Å². The quantitative estimate of drug-likeness (QED) is 0.918. The van der Waals surface area contributed by atoms with Crippen LogP contribution in [0.3, 0.4) is 0 Å². The summed E-state index contributed by atoms with van der Waals surface area (Å²) in [6.07, 6.45) is 3.45. The number of aromatic nitrogens is 1. The van der Waals surface area contributed by atoms with Gasteiger partial charge in [-0.1, -0.05) is 18.2 Å². The van der Waals surface area contributed by atoms with E-state index in [2.05, 4.69) is 16.4 Å². The Morgan fingerprint density at radius 2 is 2.05 bits per heavy atom. The first-order valence-electron chi connectivity index (χ1n) is 7.24. The lowest BCUT2D eigenvalue weighted by molar-refractivity contribution is 0.0922. The molecule has 3 rings (SSSR count). The summed E-state index contributed by atoms with van der Waals surface area (Å²) in [6, 6.07) is 11.7. The Morgan fingerprint density at radius 3 is 2.76 bits per heavy atom. The number of hydrogen-bond donors (Lipinski definition) is 1. The second-order valence-electron chi connectivity index (χ2n) is 5.68. The van der Waals surface area contributed by atoms with Crippen LogP contribution in [0.2, 0.25) is 0 Å². The highest BCUT2D eigenvalue weighted by atomic mass is 16.1. The van der Waals surface area contributed by atoms with Crippen molar-refractivity contribution in [2.75, 3.05) is 0 Å². The van der Waals surface area contributed by atoms with E-state index in [4.69, 9.17) is 0 Å². The molecule has 0 saturated heterocycles. The van der Waals surface area contributed by atoms with Gasteiger partial charge in [0, 0.05) is 11.1 Å². The van der Waals surface area contributed by atoms with Crippen molar-refractivity contribution in [1.29, 1.82) is 5.26 Å². The Morgan fingerprint density at radius 1 is 1.33 bits per heavy atom. The molecular weight excluding hydrogens is 262 g/mol. The topological polar surface area (TPSA) is 65.8 Å². The third-order valence-corrected chi connectivity index (χ3v) is 4.11. The Labute approximate surface area is 123 Å². The van der Waals surface area contributed by atoms with Crippen LogP contribution in [0.25, 0.3) is 10.9 Å².